The van der Waals surface area contributed by atoms with E-state index in [0.717, 1.165) is 24.6 Å². The van der Waals surface area contributed by atoms with E-state index < -0.39 is 0 Å². The number of anilines is 1. The lowest BCUT2D eigenvalue weighted by Crippen LogP contribution is -2.20. The van der Waals surface area contributed by atoms with Crippen molar-refractivity contribution in [3.8, 4) is 0 Å². The van der Waals surface area contributed by atoms with Crippen molar-refractivity contribution in [3.63, 3.8) is 0 Å². The zero-order chi connectivity index (χ0) is 19.1. The Balaban J connectivity index is 2.08. The Bertz CT molecular complexity index is 823. The van der Waals surface area contributed by atoms with Crippen LogP contribution in [-0.4, -0.2) is 27.9 Å². The molecule has 8 heteroatoms. The van der Waals surface area contributed by atoms with Crippen LogP contribution in [0.5, 0.6) is 0 Å². The van der Waals surface area contributed by atoms with Gasteiger partial charge in [0, 0.05) is 24.9 Å². The van der Waals surface area contributed by atoms with Crippen molar-refractivity contribution in [1.29, 1.82) is 5.41 Å². The molecule has 26 heavy (non-hydrogen) atoms. The molecule has 0 radical (unpaired) electrons. The van der Waals surface area contributed by atoms with Crippen LogP contribution in [0.3, 0.4) is 0 Å². The van der Waals surface area contributed by atoms with Gasteiger partial charge in [-0.2, -0.15) is 0 Å². The van der Waals surface area contributed by atoms with E-state index >= 15 is 0 Å². The summed E-state index contributed by atoms with van der Waals surface area (Å²) in [7, 11) is 0. The highest BCUT2D eigenvalue weighted by atomic mass is 35.5. The summed E-state index contributed by atoms with van der Waals surface area (Å²) in [5, 5.41) is 20.6. The Morgan fingerprint density at radius 3 is 2.81 bits per heavy atom. The second-order valence-corrected chi connectivity index (χ2v) is 7.02. The van der Waals surface area contributed by atoms with Crippen molar-refractivity contribution >= 4 is 35.4 Å². The fraction of sp³-hybridized carbons (Fsp3) is 0.389. The Kier molecular flexibility index (Phi) is 7.63. The van der Waals surface area contributed by atoms with Gasteiger partial charge in [0.25, 0.3) is 5.56 Å². The zero-order valence-corrected chi connectivity index (χ0v) is 16.0. The van der Waals surface area contributed by atoms with Crippen LogP contribution in [-0.2, 0) is 13.0 Å². The van der Waals surface area contributed by atoms with Gasteiger partial charge in [-0.15, -0.1) is 0 Å². The van der Waals surface area contributed by atoms with E-state index in [0.29, 0.717) is 40.2 Å². The van der Waals surface area contributed by atoms with Crippen LogP contribution in [0.4, 0.5) is 5.95 Å². The second kappa shape index (κ2) is 9.71. The number of aromatic nitrogens is 2. The van der Waals surface area contributed by atoms with Gasteiger partial charge in [-0.25, -0.2) is 4.98 Å². The summed E-state index contributed by atoms with van der Waals surface area (Å²) in [6, 6.07) is 5.27. The van der Waals surface area contributed by atoms with Crippen LogP contribution < -0.4 is 10.9 Å². The number of aliphatic hydroxyl groups excluding tert-OH is 1. The normalized spacial score (nSPS) is 12.0. The molecule has 0 aliphatic rings. The van der Waals surface area contributed by atoms with Gasteiger partial charge in [0.15, 0.2) is 0 Å². The molecule has 0 bridgehead atoms. The van der Waals surface area contributed by atoms with Crippen molar-refractivity contribution in [1.82, 2.24) is 9.97 Å². The summed E-state index contributed by atoms with van der Waals surface area (Å²) in [5.74, 6) is 0.490. The van der Waals surface area contributed by atoms with E-state index in [1.165, 1.54) is 0 Å². The molecule has 0 aliphatic heterocycles. The van der Waals surface area contributed by atoms with Crippen molar-refractivity contribution in [2.45, 2.75) is 32.7 Å². The minimum absolute atomic E-state index is 0.129. The summed E-state index contributed by atoms with van der Waals surface area (Å²) in [6.07, 6.45) is 3.17. The quantitative estimate of drug-likeness (QED) is 0.485. The third-order valence-electron chi connectivity index (χ3n) is 4.06. The molecule has 1 aromatic carbocycles. The number of halogens is 2. The van der Waals surface area contributed by atoms with Crippen molar-refractivity contribution < 1.29 is 5.11 Å². The van der Waals surface area contributed by atoms with E-state index in [-0.39, 0.29) is 18.1 Å². The standard InChI is InChI=1S/C18H22Cl2N4O2/c1-11(10-25)3-2-4-13-16(8-21)23-18(24-17(13)26)22-9-12-5-6-14(19)15(20)7-12/h5-8,11,21,25H,2-4,9-10H2,1H3,(H2,22,23,24,26). The predicted molar refractivity (Wildman–Crippen MR) is 106 cm³/mol. The topological polar surface area (TPSA) is 102 Å². The molecule has 0 spiro atoms. The summed E-state index contributed by atoms with van der Waals surface area (Å²) >= 11 is 11.9. The molecular formula is C18H22Cl2N4O2. The number of hydrogen-bond donors (Lipinski definition) is 4. The summed E-state index contributed by atoms with van der Waals surface area (Å²) in [4.78, 5) is 19.4. The second-order valence-electron chi connectivity index (χ2n) is 6.20. The maximum Gasteiger partial charge on any atom is 0.256 e. The highest BCUT2D eigenvalue weighted by Gasteiger charge is 2.11. The maximum absolute atomic E-state index is 12.3. The van der Waals surface area contributed by atoms with E-state index in [1.54, 1.807) is 12.1 Å². The fourth-order valence-electron chi connectivity index (χ4n) is 2.51. The van der Waals surface area contributed by atoms with E-state index in [2.05, 4.69) is 15.3 Å². The average Bonchev–Trinajstić information content (AvgIpc) is 2.63. The lowest BCUT2D eigenvalue weighted by molar-refractivity contribution is 0.228. The molecule has 0 amide bonds. The van der Waals surface area contributed by atoms with Crippen LogP contribution in [0.2, 0.25) is 10.0 Å². The minimum atomic E-state index is -0.258. The van der Waals surface area contributed by atoms with E-state index in [1.807, 2.05) is 13.0 Å². The maximum atomic E-state index is 12.3. The van der Waals surface area contributed by atoms with Gasteiger partial charge in [0.05, 0.1) is 15.7 Å². The summed E-state index contributed by atoms with van der Waals surface area (Å²) in [6.45, 7) is 2.49. The Morgan fingerprint density at radius 1 is 1.38 bits per heavy atom. The van der Waals surface area contributed by atoms with Crippen LogP contribution >= 0.6 is 23.2 Å². The van der Waals surface area contributed by atoms with Crippen molar-refractivity contribution in [2.24, 2.45) is 5.92 Å². The molecule has 1 unspecified atom stereocenters. The number of H-pyrrole nitrogens is 1. The number of nitrogens with one attached hydrogen (secondary N) is 3. The van der Waals surface area contributed by atoms with Gasteiger partial charge in [-0.3, -0.25) is 9.78 Å². The largest absolute Gasteiger partial charge is 0.396 e. The number of rotatable bonds is 9. The molecule has 0 fully saturated rings. The monoisotopic (exact) mass is 396 g/mol. The molecule has 1 atom stereocenters. The molecule has 0 aliphatic carbocycles. The SMILES string of the molecule is CC(CO)CCCc1c(C=N)nc(NCc2ccc(Cl)c(Cl)c2)[nH]c1=O. The van der Waals surface area contributed by atoms with Crippen LogP contribution in [0, 0.1) is 11.3 Å². The van der Waals surface area contributed by atoms with Gasteiger partial charge < -0.3 is 15.8 Å². The molecule has 0 saturated heterocycles. The number of aromatic amines is 1. The molecule has 6 nitrogen and oxygen atoms in total. The molecular weight excluding hydrogens is 375 g/mol. The fourth-order valence-corrected chi connectivity index (χ4v) is 2.83. The van der Waals surface area contributed by atoms with Gasteiger partial charge in [-0.05, 0) is 42.9 Å². The number of aliphatic hydroxyl groups is 1. The van der Waals surface area contributed by atoms with Gasteiger partial charge in [0.2, 0.25) is 5.95 Å². The highest BCUT2D eigenvalue weighted by Crippen LogP contribution is 2.22. The van der Waals surface area contributed by atoms with E-state index in [4.69, 9.17) is 33.7 Å². The first kappa shape index (κ1) is 20.4. The number of benzene rings is 1. The third kappa shape index (κ3) is 5.56. The van der Waals surface area contributed by atoms with Crippen LogP contribution in [0.25, 0.3) is 0 Å². The Labute approximate surface area is 162 Å². The van der Waals surface area contributed by atoms with Crippen molar-refractivity contribution in [2.75, 3.05) is 11.9 Å². The van der Waals surface area contributed by atoms with Gasteiger partial charge >= 0.3 is 0 Å². The van der Waals surface area contributed by atoms with E-state index in [9.17, 15) is 4.79 Å². The smallest absolute Gasteiger partial charge is 0.256 e. The first-order valence-corrected chi connectivity index (χ1v) is 9.12. The summed E-state index contributed by atoms with van der Waals surface area (Å²) in [5.41, 5.74) is 1.47. The number of hydrogen-bond acceptors (Lipinski definition) is 5. The van der Waals surface area contributed by atoms with Crippen LogP contribution in [0.15, 0.2) is 23.0 Å². The lowest BCUT2D eigenvalue weighted by atomic mass is 10.0. The van der Waals surface area contributed by atoms with Gasteiger partial charge in [0.1, 0.15) is 0 Å². The molecule has 1 heterocycles. The predicted octanol–water partition coefficient (Wildman–Crippen LogP) is 3.64. The zero-order valence-electron chi connectivity index (χ0n) is 14.5. The minimum Gasteiger partial charge on any atom is -0.396 e. The molecule has 4 N–H and O–H groups in total. The van der Waals surface area contributed by atoms with Crippen molar-refractivity contribution in [3.05, 3.63) is 55.4 Å². The first-order chi connectivity index (χ1) is 12.4. The Hall–Kier alpha value is -1.89. The molecule has 0 saturated carbocycles. The molecule has 2 aromatic rings. The first-order valence-electron chi connectivity index (χ1n) is 8.37. The lowest BCUT2D eigenvalue weighted by Gasteiger charge is -2.11. The summed E-state index contributed by atoms with van der Waals surface area (Å²) < 4.78 is 0. The average molecular weight is 397 g/mol. The Morgan fingerprint density at radius 2 is 2.15 bits per heavy atom. The molecule has 1 aromatic heterocycles. The number of nitrogens with zero attached hydrogens (tertiary/aromatic N) is 1. The molecule has 2 rings (SSSR count). The molecule has 140 valence electrons. The van der Waals surface area contributed by atoms with Gasteiger partial charge in [-0.1, -0.05) is 36.2 Å². The highest BCUT2D eigenvalue weighted by molar-refractivity contribution is 6.42. The third-order valence-corrected chi connectivity index (χ3v) is 4.80. The van der Waals surface area contributed by atoms with Crippen LogP contribution in [0.1, 0.15) is 36.6 Å².